The van der Waals surface area contributed by atoms with Crippen molar-refractivity contribution < 1.29 is 9.47 Å². The number of methoxy groups -OCH3 is 2. The molecule has 0 unspecified atom stereocenters. The van der Waals surface area contributed by atoms with Gasteiger partial charge in [-0.15, -0.1) is 0 Å². The van der Waals surface area contributed by atoms with E-state index in [0.29, 0.717) is 0 Å². The Labute approximate surface area is 715 Å². The van der Waals surface area contributed by atoms with Crippen LogP contribution in [0.3, 0.4) is 0 Å². The second kappa shape index (κ2) is 36.1. The molecule has 594 valence electrons. The second-order valence-electron chi connectivity index (χ2n) is 31.8. The van der Waals surface area contributed by atoms with Crippen molar-refractivity contribution >= 4 is 62.6 Å². The Morgan fingerprint density at radius 3 is 0.818 bits per heavy atom. The molecule has 0 amide bonds. The summed E-state index contributed by atoms with van der Waals surface area (Å²) in [5.41, 5.74) is 35.7. The molecule has 17 aromatic carbocycles. The standard InChI is InChI=1S/C31H26N2.C29H27NO.C28H25N.C26H23NO/c1-32(27-19-17-26(18-20-27)25-11-5-2-6-12-25)28-21-23-31(24-22-28)33(29-13-7-3-8-14-29)30-15-9-4-10-16-30;1-29(2)26-13-9-8-12-23(26)24-16-14-22(19-27(24)29)30(3)21-15-17-28(31-4)25(18-21)20-10-6-5-7-11-20;1-28(2)25-15-9-7-14-23(25)24-18-17-21(19-26(24)28)29(3)27-16-10-8-13-22(27)20-11-5-4-6-12-20;1-27(23-15-13-21(14-16-23)20-9-5-3-6-10-20)24-17-18-26(28-2)25(19-24)22-11-7-4-8-12-22/h2-24H,1H3;5-19H,1-4H3;4-19H,1-3H3;3-19H,1-2H3. The molecule has 0 N–H and O–H groups in total. The summed E-state index contributed by atoms with van der Waals surface area (Å²) in [6.07, 6.45) is 0. The van der Waals surface area contributed by atoms with Crippen molar-refractivity contribution in [3.05, 3.63) is 453 Å². The molecule has 2 aliphatic carbocycles. The number of benzene rings is 17. The van der Waals surface area contributed by atoms with Crippen molar-refractivity contribution in [1.82, 2.24) is 0 Å². The first-order valence-corrected chi connectivity index (χ1v) is 41.5. The predicted molar refractivity (Wildman–Crippen MR) is 514 cm³/mol. The molecule has 0 spiro atoms. The van der Waals surface area contributed by atoms with Gasteiger partial charge in [0.25, 0.3) is 0 Å². The van der Waals surface area contributed by atoms with E-state index in [1.54, 1.807) is 14.2 Å². The maximum absolute atomic E-state index is 5.65. The van der Waals surface area contributed by atoms with Gasteiger partial charge in [0, 0.05) is 118 Å². The molecule has 19 rings (SSSR count). The number of fused-ring (bicyclic) bond motifs is 6. The molecule has 0 saturated carbocycles. The Bertz CT molecular complexity index is 6290. The Morgan fingerprint density at radius 1 is 0.182 bits per heavy atom. The minimum atomic E-state index is -0.00210. The highest BCUT2D eigenvalue weighted by atomic mass is 16.5. The van der Waals surface area contributed by atoms with Crippen molar-refractivity contribution in [2.75, 3.05) is 66.9 Å². The Balaban J connectivity index is 0.000000120. The van der Waals surface area contributed by atoms with Crippen LogP contribution in [-0.2, 0) is 10.8 Å². The van der Waals surface area contributed by atoms with Gasteiger partial charge in [0.15, 0.2) is 0 Å². The monoisotopic (exact) mass is 1570 g/mol. The lowest BCUT2D eigenvalue weighted by Crippen LogP contribution is -2.16. The SMILES string of the molecule is CN(c1ccc(-c2ccccc2)cc1)c1ccc(N(c2ccccc2)c2ccccc2)cc1.CN(c1ccc2c(c1)C(C)(C)c1ccccc1-2)c1ccccc1-c1ccccc1.COc1ccc(N(C)c2ccc(-c3ccccc3)cc2)cc1-c1ccccc1.COc1ccc(N(C)c2ccc3c(c2)C(C)(C)c2ccccc2-3)cc1-c1ccccc1. The van der Waals surface area contributed by atoms with Crippen LogP contribution in [0, 0.1) is 0 Å². The Hall–Kier alpha value is -14.7. The number of hydrogen-bond acceptors (Lipinski definition) is 7. The smallest absolute Gasteiger partial charge is 0.126 e. The number of rotatable bonds is 18. The van der Waals surface area contributed by atoms with E-state index in [2.05, 4.69) is 456 Å². The van der Waals surface area contributed by atoms with Gasteiger partial charge in [-0.2, -0.15) is 0 Å². The van der Waals surface area contributed by atoms with Crippen molar-refractivity contribution in [1.29, 1.82) is 0 Å². The van der Waals surface area contributed by atoms with Gasteiger partial charge >= 0.3 is 0 Å². The minimum absolute atomic E-state index is 0.00210. The van der Waals surface area contributed by atoms with Gasteiger partial charge in [-0.3, -0.25) is 0 Å². The third-order valence-corrected chi connectivity index (χ3v) is 23.8. The maximum atomic E-state index is 5.65. The van der Waals surface area contributed by atoms with E-state index in [1.807, 2.05) is 54.6 Å². The third-order valence-electron chi connectivity index (χ3n) is 23.8. The molecule has 0 aliphatic heterocycles. The topological polar surface area (TPSA) is 34.7 Å². The molecule has 2 aliphatic rings. The summed E-state index contributed by atoms with van der Waals surface area (Å²) < 4.78 is 11.2. The molecular formula is C114H101N5O2. The summed E-state index contributed by atoms with van der Waals surface area (Å²) in [6, 6.07) is 152. The lowest BCUT2D eigenvalue weighted by atomic mass is 9.82. The number of hydrogen-bond donors (Lipinski definition) is 0. The summed E-state index contributed by atoms with van der Waals surface area (Å²) in [5, 5.41) is 0. The molecule has 0 bridgehead atoms. The zero-order valence-electron chi connectivity index (χ0n) is 70.5. The largest absolute Gasteiger partial charge is 0.496 e. The van der Waals surface area contributed by atoms with Gasteiger partial charge in [0.1, 0.15) is 11.5 Å². The summed E-state index contributed by atoms with van der Waals surface area (Å²) in [4.78, 5) is 11.2. The number of para-hydroxylation sites is 3. The molecule has 121 heavy (non-hydrogen) atoms. The van der Waals surface area contributed by atoms with Gasteiger partial charge in [0.05, 0.1) is 14.2 Å². The molecule has 0 atom stereocenters. The Morgan fingerprint density at radius 2 is 0.430 bits per heavy atom. The molecule has 0 radical (unpaired) electrons. The van der Waals surface area contributed by atoms with E-state index < -0.39 is 0 Å². The summed E-state index contributed by atoms with van der Waals surface area (Å²) in [7, 11) is 11.9. The molecule has 0 aromatic heterocycles. The average molecular weight is 1570 g/mol. The van der Waals surface area contributed by atoms with Gasteiger partial charge in [-0.05, 0) is 223 Å². The average Bonchev–Trinajstić information content (AvgIpc) is 1.59. The first kappa shape index (κ1) is 80.1. The van der Waals surface area contributed by atoms with E-state index >= 15 is 0 Å². The maximum Gasteiger partial charge on any atom is 0.126 e. The van der Waals surface area contributed by atoms with Crippen LogP contribution < -0.4 is 34.0 Å². The highest BCUT2D eigenvalue weighted by Crippen LogP contribution is 2.52. The molecule has 17 aromatic rings. The van der Waals surface area contributed by atoms with Crippen LogP contribution in [0.2, 0.25) is 0 Å². The Kier molecular flexibility index (Phi) is 23.9. The first-order chi connectivity index (χ1) is 59.1. The van der Waals surface area contributed by atoms with Crippen LogP contribution >= 0.6 is 0 Å². The number of ether oxygens (including phenoxy) is 2. The fourth-order valence-electron chi connectivity index (χ4n) is 17.0. The van der Waals surface area contributed by atoms with Crippen molar-refractivity contribution in [3.8, 4) is 89.4 Å². The third kappa shape index (κ3) is 17.1. The van der Waals surface area contributed by atoms with E-state index in [4.69, 9.17) is 9.47 Å². The molecule has 0 fully saturated rings. The minimum Gasteiger partial charge on any atom is -0.496 e. The summed E-state index contributed by atoms with van der Waals surface area (Å²) in [6.45, 7) is 9.31. The van der Waals surface area contributed by atoms with Gasteiger partial charge in [0.2, 0.25) is 0 Å². The zero-order valence-corrected chi connectivity index (χ0v) is 70.5. The van der Waals surface area contributed by atoms with E-state index in [-0.39, 0.29) is 10.8 Å². The van der Waals surface area contributed by atoms with Gasteiger partial charge in [-0.1, -0.05) is 319 Å². The first-order valence-electron chi connectivity index (χ1n) is 41.5. The molecule has 0 heterocycles. The van der Waals surface area contributed by atoms with Gasteiger partial charge < -0.3 is 34.0 Å². The molecular weight excluding hydrogens is 1470 g/mol. The second-order valence-corrected chi connectivity index (χ2v) is 31.8. The quantitative estimate of drug-likeness (QED) is 0.0847. The fraction of sp³-hybridized carbons (Fsp3) is 0.105. The van der Waals surface area contributed by atoms with Crippen molar-refractivity contribution in [2.45, 2.75) is 38.5 Å². The van der Waals surface area contributed by atoms with Crippen LogP contribution in [-0.4, -0.2) is 42.4 Å². The zero-order chi connectivity index (χ0) is 83.4. The number of anilines is 11. The lowest BCUT2D eigenvalue weighted by molar-refractivity contribution is 0.416. The van der Waals surface area contributed by atoms with Crippen LogP contribution in [0.25, 0.3) is 77.9 Å². The molecule has 7 heteroatoms. The molecule has 0 saturated heterocycles. The lowest BCUT2D eigenvalue weighted by Gasteiger charge is -2.26. The van der Waals surface area contributed by atoms with Crippen molar-refractivity contribution in [3.63, 3.8) is 0 Å². The summed E-state index contributed by atoms with van der Waals surface area (Å²) in [5.74, 6) is 1.76. The van der Waals surface area contributed by atoms with Crippen molar-refractivity contribution in [2.24, 2.45) is 0 Å². The number of nitrogens with zero attached hydrogens (tertiary/aromatic N) is 5. The highest BCUT2D eigenvalue weighted by Gasteiger charge is 2.37. The normalized spacial score (nSPS) is 12.0. The highest BCUT2D eigenvalue weighted by molar-refractivity contribution is 5.89. The van der Waals surface area contributed by atoms with E-state index in [9.17, 15) is 0 Å². The van der Waals surface area contributed by atoms with Gasteiger partial charge in [-0.25, -0.2) is 0 Å². The van der Waals surface area contributed by atoms with Crippen LogP contribution in [0.4, 0.5) is 62.6 Å². The van der Waals surface area contributed by atoms with E-state index in [0.717, 1.165) is 79.3 Å². The summed E-state index contributed by atoms with van der Waals surface area (Å²) >= 11 is 0. The van der Waals surface area contributed by atoms with E-state index in [1.165, 1.54) is 95.0 Å². The van der Waals surface area contributed by atoms with Crippen LogP contribution in [0.1, 0.15) is 49.9 Å². The predicted octanol–water partition coefficient (Wildman–Crippen LogP) is 30.3. The fourth-order valence-corrected chi connectivity index (χ4v) is 17.0. The van der Waals surface area contributed by atoms with Crippen LogP contribution in [0.15, 0.2) is 431 Å². The molecule has 7 nitrogen and oxygen atoms in total. The van der Waals surface area contributed by atoms with Crippen LogP contribution in [0.5, 0.6) is 11.5 Å².